The molecule has 98 valence electrons. The Hall–Kier alpha value is -1.22. The van der Waals surface area contributed by atoms with Gasteiger partial charge in [0.1, 0.15) is 0 Å². The first-order chi connectivity index (χ1) is 8.61. The summed E-state index contributed by atoms with van der Waals surface area (Å²) in [5.41, 5.74) is 6.87. The summed E-state index contributed by atoms with van der Waals surface area (Å²) in [6.07, 6.45) is 3.75. The molecule has 1 amide bonds. The molecule has 0 unspecified atom stereocenters. The SMILES string of the molecule is CCN(CC1CCC1)C(=O)c1cc(Cl)ccc1N. The van der Waals surface area contributed by atoms with Crippen molar-refractivity contribution in [3.8, 4) is 0 Å². The molecule has 0 saturated heterocycles. The van der Waals surface area contributed by atoms with Crippen LogP contribution in [0.15, 0.2) is 18.2 Å². The Balaban J connectivity index is 2.14. The van der Waals surface area contributed by atoms with Gasteiger partial charge < -0.3 is 10.6 Å². The van der Waals surface area contributed by atoms with Crippen molar-refractivity contribution in [3.63, 3.8) is 0 Å². The summed E-state index contributed by atoms with van der Waals surface area (Å²) < 4.78 is 0. The predicted octanol–water partition coefficient (Wildman–Crippen LogP) is 3.18. The molecule has 0 aliphatic heterocycles. The van der Waals surface area contributed by atoms with Gasteiger partial charge in [-0.2, -0.15) is 0 Å². The molecular formula is C14H19ClN2O. The second-order valence-corrected chi connectivity index (χ2v) is 5.31. The molecule has 4 heteroatoms. The number of hydrogen-bond acceptors (Lipinski definition) is 2. The van der Waals surface area contributed by atoms with E-state index in [1.807, 2.05) is 11.8 Å². The van der Waals surface area contributed by atoms with E-state index in [-0.39, 0.29) is 5.91 Å². The third-order valence-corrected chi connectivity index (χ3v) is 3.85. The van der Waals surface area contributed by atoms with E-state index in [0.717, 1.165) is 6.54 Å². The van der Waals surface area contributed by atoms with Crippen molar-refractivity contribution in [1.82, 2.24) is 4.90 Å². The van der Waals surface area contributed by atoms with Gasteiger partial charge in [-0.15, -0.1) is 0 Å². The van der Waals surface area contributed by atoms with Gasteiger partial charge in [0, 0.05) is 23.8 Å². The number of carbonyl (C=O) groups excluding carboxylic acids is 1. The molecule has 3 nitrogen and oxygen atoms in total. The highest BCUT2D eigenvalue weighted by Gasteiger charge is 2.24. The number of benzene rings is 1. The largest absolute Gasteiger partial charge is 0.398 e. The van der Waals surface area contributed by atoms with Gasteiger partial charge in [0.15, 0.2) is 0 Å². The van der Waals surface area contributed by atoms with E-state index in [1.54, 1.807) is 18.2 Å². The van der Waals surface area contributed by atoms with Crippen LogP contribution in [0.25, 0.3) is 0 Å². The minimum atomic E-state index is -0.00981. The van der Waals surface area contributed by atoms with Gasteiger partial charge in [0.05, 0.1) is 5.56 Å². The Morgan fingerprint density at radius 1 is 1.50 bits per heavy atom. The van der Waals surface area contributed by atoms with E-state index in [4.69, 9.17) is 17.3 Å². The van der Waals surface area contributed by atoms with E-state index in [1.165, 1.54) is 19.3 Å². The fourth-order valence-electron chi connectivity index (χ4n) is 2.23. The van der Waals surface area contributed by atoms with Crippen LogP contribution in [-0.4, -0.2) is 23.9 Å². The highest BCUT2D eigenvalue weighted by Crippen LogP contribution is 2.28. The predicted molar refractivity (Wildman–Crippen MR) is 74.8 cm³/mol. The van der Waals surface area contributed by atoms with E-state index >= 15 is 0 Å². The lowest BCUT2D eigenvalue weighted by molar-refractivity contribution is 0.0707. The summed E-state index contributed by atoms with van der Waals surface area (Å²) in [7, 11) is 0. The number of amides is 1. The zero-order valence-electron chi connectivity index (χ0n) is 10.7. The summed E-state index contributed by atoms with van der Waals surface area (Å²) in [4.78, 5) is 14.3. The summed E-state index contributed by atoms with van der Waals surface area (Å²) in [5, 5.41) is 0.548. The first-order valence-electron chi connectivity index (χ1n) is 6.46. The second-order valence-electron chi connectivity index (χ2n) is 4.87. The lowest BCUT2D eigenvalue weighted by Crippen LogP contribution is -2.37. The van der Waals surface area contributed by atoms with Crippen molar-refractivity contribution < 1.29 is 4.79 Å². The number of halogens is 1. The second kappa shape index (κ2) is 5.61. The van der Waals surface area contributed by atoms with Crippen LogP contribution in [0.5, 0.6) is 0 Å². The average Bonchev–Trinajstić information content (AvgIpc) is 2.30. The summed E-state index contributed by atoms with van der Waals surface area (Å²) in [6, 6.07) is 5.05. The molecule has 1 saturated carbocycles. The first-order valence-corrected chi connectivity index (χ1v) is 6.84. The van der Waals surface area contributed by atoms with E-state index < -0.39 is 0 Å². The van der Waals surface area contributed by atoms with Crippen molar-refractivity contribution in [1.29, 1.82) is 0 Å². The lowest BCUT2D eigenvalue weighted by atomic mass is 9.85. The van der Waals surface area contributed by atoms with Gasteiger partial charge in [-0.25, -0.2) is 0 Å². The van der Waals surface area contributed by atoms with Crippen LogP contribution in [0.1, 0.15) is 36.5 Å². The zero-order chi connectivity index (χ0) is 13.1. The molecule has 2 rings (SSSR count). The van der Waals surface area contributed by atoms with E-state index in [0.29, 0.717) is 28.7 Å². The lowest BCUT2D eigenvalue weighted by Gasteiger charge is -2.32. The normalized spacial score (nSPS) is 15.2. The van der Waals surface area contributed by atoms with Gasteiger partial charge >= 0.3 is 0 Å². The molecule has 1 aliphatic carbocycles. The maximum atomic E-state index is 12.4. The van der Waals surface area contributed by atoms with Crippen molar-refractivity contribution in [2.75, 3.05) is 18.8 Å². The van der Waals surface area contributed by atoms with E-state index in [2.05, 4.69) is 0 Å². The molecule has 1 aliphatic rings. The molecule has 0 radical (unpaired) electrons. The van der Waals surface area contributed by atoms with Gasteiger partial charge in [-0.05, 0) is 43.9 Å². The van der Waals surface area contributed by atoms with Crippen LogP contribution < -0.4 is 5.73 Å². The Morgan fingerprint density at radius 2 is 2.22 bits per heavy atom. The van der Waals surface area contributed by atoms with Crippen LogP contribution in [0.3, 0.4) is 0 Å². The van der Waals surface area contributed by atoms with Crippen LogP contribution in [-0.2, 0) is 0 Å². The fraction of sp³-hybridized carbons (Fsp3) is 0.500. The van der Waals surface area contributed by atoms with Gasteiger partial charge in [0.2, 0.25) is 0 Å². The minimum Gasteiger partial charge on any atom is -0.398 e. The summed E-state index contributed by atoms with van der Waals surface area (Å²) in [5.74, 6) is 0.652. The maximum Gasteiger partial charge on any atom is 0.255 e. The first kappa shape index (κ1) is 13.2. The van der Waals surface area contributed by atoms with Crippen molar-refractivity contribution >= 4 is 23.2 Å². The van der Waals surface area contributed by atoms with Crippen molar-refractivity contribution in [2.45, 2.75) is 26.2 Å². The molecule has 1 aromatic rings. The van der Waals surface area contributed by atoms with Gasteiger partial charge in [0.25, 0.3) is 5.91 Å². The van der Waals surface area contributed by atoms with Crippen molar-refractivity contribution in [2.24, 2.45) is 5.92 Å². The topological polar surface area (TPSA) is 46.3 Å². The third-order valence-electron chi connectivity index (χ3n) is 3.62. The number of nitrogens with zero attached hydrogens (tertiary/aromatic N) is 1. The zero-order valence-corrected chi connectivity index (χ0v) is 11.4. The molecule has 2 N–H and O–H groups in total. The monoisotopic (exact) mass is 266 g/mol. The van der Waals surface area contributed by atoms with Gasteiger partial charge in [-0.3, -0.25) is 4.79 Å². The number of carbonyl (C=O) groups is 1. The standard InChI is InChI=1S/C14H19ClN2O/c1-2-17(9-10-4-3-5-10)14(18)12-8-11(15)6-7-13(12)16/h6-8,10H,2-5,9,16H2,1H3. The maximum absolute atomic E-state index is 12.4. The number of anilines is 1. The third kappa shape index (κ3) is 2.78. The minimum absolute atomic E-state index is 0.00981. The molecular weight excluding hydrogens is 248 g/mol. The number of nitrogens with two attached hydrogens (primary N) is 1. The smallest absolute Gasteiger partial charge is 0.255 e. The van der Waals surface area contributed by atoms with E-state index in [9.17, 15) is 4.79 Å². The van der Waals surface area contributed by atoms with Crippen LogP contribution in [0.2, 0.25) is 5.02 Å². The number of hydrogen-bond donors (Lipinski definition) is 1. The highest BCUT2D eigenvalue weighted by atomic mass is 35.5. The van der Waals surface area contributed by atoms with Crippen LogP contribution in [0.4, 0.5) is 5.69 Å². The molecule has 18 heavy (non-hydrogen) atoms. The Bertz CT molecular complexity index is 443. The van der Waals surface area contributed by atoms with Crippen LogP contribution in [0, 0.1) is 5.92 Å². The summed E-state index contributed by atoms with van der Waals surface area (Å²) in [6.45, 7) is 3.54. The Kier molecular flexibility index (Phi) is 4.12. The molecule has 0 bridgehead atoms. The molecule has 0 spiro atoms. The summed E-state index contributed by atoms with van der Waals surface area (Å²) >= 11 is 5.93. The average molecular weight is 267 g/mol. The van der Waals surface area contributed by atoms with Crippen LogP contribution >= 0.6 is 11.6 Å². The number of nitrogen functional groups attached to an aromatic ring is 1. The number of rotatable bonds is 4. The Labute approximate surface area is 113 Å². The quantitative estimate of drug-likeness (QED) is 0.851. The van der Waals surface area contributed by atoms with Crippen molar-refractivity contribution in [3.05, 3.63) is 28.8 Å². The molecule has 1 fully saturated rings. The highest BCUT2D eigenvalue weighted by molar-refractivity contribution is 6.31. The fourth-order valence-corrected chi connectivity index (χ4v) is 2.40. The Morgan fingerprint density at radius 3 is 2.78 bits per heavy atom. The molecule has 0 heterocycles. The van der Waals surface area contributed by atoms with Gasteiger partial charge in [-0.1, -0.05) is 18.0 Å². The molecule has 0 atom stereocenters. The molecule has 1 aromatic carbocycles. The molecule has 0 aromatic heterocycles.